The van der Waals surface area contributed by atoms with Crippen molar-refractivity contribution < 1.29 is 9.47 Å². The van der Waals surface area contributed by atoms with Crippen LogP contribution < -0.4 is 20.2 Å². The molecular formula is C18H19Cl2N3O2S. The zero-order valence-electron chi connectivity index (χ0n) is 14.4. The van der Waals surface area contributed by atoms with Crippen molar-refractivity contribution in [3.05, 3.63) is 57.6 Å². The summed E-state index contributed by atoms with van der Waals surface area (Å²) in [5.74, 6) is 1.19. The molecule has 5 nitrogen and oxygen atoms in total. The monoisotopic (exact) mass is 411 g/mol. The first-order chi connectivity index (χ1) is 12.5. The molecule has 2 rings (SSSR count). The van der Waals surface area contributed by atoms with E-state index in [0.29, 0.717) is 33.3 Å². The van der Waals surface area contributed by atoms with Crippen molar-refractivity contribution in [2.75, 3.05) is 13.7 Å². The summed E-state index contributed by atoms with van der Waals surface area (Å²) < 4.78 is 11.2. The summed E-state index contributed by atoms with van der Waals surface area (Å²) in [7, 11) is 1.58. The number of nitrogens with zero attached hydrogens (tertiary/aromatic N) is 1. The maximum atomic E-state index is 6.16. The second-order valence-electron chi connectivity index (χ2n) is 5.16. The number of ether oxygens (including phenoxy) is 2. The van der Waals surface area contributed by atoms with E-state index >= 15 is 0 Å². The van der Waals surface area contributed by atoms with E-state index in [1.54, 1.807) is 25.5 Å². The van der Waals surface area contributed by atoms with E-state index in [4.69, 9.17) is 44.9 Å². The van der Waals surface area contributed by atoms with Crippen molar-refractivity contribution in [2.45, 2.75) is 13.5 Å². The van der Waals surface area contributed by atoms with Crippen molar-refractivity contribution in [3.8, 4) is 11.5 Å². The van der Waals surface area contributed by atoms with Gasteiger partial charge in [-0.15, -0.1) is 0 Å². The molecule has 8 heteroatoms. The van der Waals surface area contributed by atoms with E-state index < -0.39 is 0 Å². The molecule has 0 fully saturated rings. The summed E-state index contributed by atoms with van der Waals surface area (Å²) >= 11 is 17.1. The Morgan fingerprint density at radius 1 is 1.19 bits per heavy atom. The number of nitrogens with one attached hydrogen (secondary N) is 2. The fourth-order valence-corrected chi connectivity index (χ4v) is 2.70. The molecule has 0 aliphatic rings. The summed E-state index contributed by atoms with van der Waals surface area (Å²) in [6, 6.07) is 10.8. The molecule has 2 N–H and O–H groups in total. The van der Waals surface area contributed by atoms with Crippen molar-refractivity contribution in [2.24, 2.45) is 5.10 Å². The molecule has 0 bridgehead atoms. The Labute approximate surface area is 168 Å². The smallest absolute Gasteiger partial charge is 0.186 e. The Morgan fingerprint density at radius 3 is 2.69 bits per heavy atom. The van der Waals surface area contributed by atoms with Gasteiger partial charge in [0.25, 0.3) is 0 Å². The summed E-state index contributed by atoms with van der Waals surface area (Å²) in [4.78, 5) is 0. The number of halogens is 2. The molecule has 26 heavy (non-hydrogen) atoms. The van der Waals surface area contributed by atoms with E-state index in [2.05, 4.69) is 15.8 Å². The normalized spacial score (nSPS) is 10.6. The molecule has 2 aromatic carbocycles. The van der Waals surface area contributed by atoms with Gasteiger partial charge in [-0.05, 0) is 55.0 Å². The zero-order valence-corrected chi connectivity index (χ0v) is 16.7. The van der Waals surface area contributed by atoms with Gasteiger partial charge in [0.15, 0.2) is 16.6 Å². The molecule has 0 aliphatic carbocycles. The van der Waals surface area contributed by atoms with Gasteiger partial charge < -0.3 is 14.8 Å². The molecule has 0 aromatic heterocycles. The van der Waals surface area contributed by atoms with Crippen LogP contribution in [0.15, 0.2) is 41.5 Å². The van der Waals surface area contributed by atoms with Crippen LogP contribution in [0, 0.1) is 0 Å². The largest absolute Gasteiger partial charge is 0.493 e. The number of methoxy groups -OCH3 is 1. The van der Waals surface area contributed by atoms with E-state index in [9.17, 15) is 0 Å². The van der Waals surface area contributed by atoms with Crippen LogP contribution in [0.3, 0.4) is 0 Å². The maximum absolute atomic E-state index is 6.16. The lowest BCUT2D eigenvalue weighted by molar-refractivity contribution is 0.284. The summed E-state index contributed by atoms with van der Waals surface area (Å²) in [5, 5.41) is 8.63. The Balaban J connectivity index is 2.03. The van der Waals surface area contributed by atoms with Gasteiger partial charge in [0.05, 0.1) is 13.3 Å². The minimum Gasteiger partial charge on any atom is -0.493 e. The predicted octanol–water partition coefficient (Wildman–Crippen LogP) is 4.40. The third kappa shape index (κ3) is 6.05. The average Bonchev–Trinajstić information content (AvgIpc) is 2.61. The van der Waals surface area contributed by atoms with Crippen LogP contribution in [0.1, 0.15) is 18.1 Å². The van der Waals surface area contributed by atoms with Crippen molar-refractivity contribution >= 4 is 46.7 Å². The molecule has 0 radical (unpaired) electrons. The summed E-state index contributed by atoms with van der Waals surface area (Å²) in [6.07, 6.45) is 1.64. The highest BCUT2D eigenvalue weighted by molar-refractivity contribution is 7.80. The molecular weight excluding hydrogens is 393 g/mol. The number of benzene rings is 2. The first kappa shape index (κ1) is 20.3. The fraction of sp³-hybridized carbons (Fsp3) is 0.222. The Kier molecular flexibility index (Phi) is 7.97. The van der Waals surface area contributed by atoms with E-state index in [1.165, 1.54) is 0 Å². The lowest BCUT2D eigenvalue weighted by Crippen LogP contribution is -2.31. The molecule has 0 amide bonds. The molecule has 0 saturated carbocycles. The number of hydrogen-bond donors (Lipinski definition) is 2. The topological polar surface area (TPSA) is 54.9 Å². The lowest BCUT2D eigenvalue weighted by Gasteiger charge is -2.12. The standard InChI is InChI=1S/C18H19Cl2N3O2S/c1-3-21-18(26)23-22-10-12-4-7-16(17(8-12)24-2)25-11-13-5-6-14(19)9-15(13)20/h4-10H,3,11H2,1-2H3,(H2,21,23,26). The van der Waals surface area contributed by atoms with Gasteiger partial charge in [0.2, 0.25) is 0 Å². The van der Waals surface area contributed by atoms with Gasteiger partial charge in [0, 0.05) is 22.2 Å². The van der Waals surface area contributed by atoms with E-state index in [-0.39, 0.29) is 0 Å². The molecule has 0 saturated heterocycles. The Morgan fingerprint density at radius 2 is 2.00 bits per heavy atom. The second-order valence-corrected chi connectivity index (χ2v) is 6.42. The quantitative estimate of drug-likeness (QED) is 0.401. The van der Waals surface area contributed by atoms with Crippen molar-refractivity contribution in [1.29, 1.82) is 0 Å². The number of thiocarbonyl (C=S) groups is 1. The van der Waals surface area contributed by atoms with Crippen LogP contribution in [0.4, 0.5) is 0 Å². The van der Waals surface area contributed by atoms with Gasteiger partial charge in [-0.1, -0.05) is 29.3 Å². The van der Waals surface area contributed by atoms with Crippen LogP contribution >= 0.6 is 35.4 Å². The molecule has 0 spiro atoms. The van der Waals surface area contributed by atoms with Crippen molar-refractivity contribution in [1.82, 2.24) is 10.7 Å². The van der Waals surface area contributed by atoms with Crippen LogP contribution in [0.25, 0.3) is 0 Å². The molecule has 0 atom stereocenters. The minimum atomic E-state index is 0.304. The van der Waals surface area contributed by atoms with Gasteiger partial charge in [-0.2, -0.15) is 5.10 Å². The fourth-order valence-electron chi connectivity index (χ4n) is 2.04. The predicted molar refractivity (Wildman–Crippen MR) is 111 cm³/mol. The number of hydrogen-bond acceptors (Lipinski definition) is 4. The third-order valence-corrected chi connectivity index (χ3v) is 4.13. The molecule has 2 aromatic rings. The maximum Gasteiger partial charge on any atom is 0.186 e. The lowest BCUT2D eigenvalue weighted by atomic mass is 10.2. The van der Waals surface area contributed by atoms with Crippen LogP contribution in [0.5, 0.6) is 11.5 Å². The summed E-state index contributed by atoms with van der Waals surface area (Å²) in [6.45, 7) is 3.00. The molecule has 138 valence electrons. The zero-order chi connectivity index (χ0) is 18.9. The van der Waals surface area contributed by atoms with E-state index in [1.807, 2.05) is 31.2 Å². The van der Waals surface area contributed by atoms with Crippen LogP contribution in [0.2, 0.25) is 10.0 Å². The number of rotatable bonds is 7. The van der Waals surface area contributed by atoms with Crippen LogP contribution in [-0.2, 0) is 6.61 Å². The van der Waals surface area contributed by atoms with Gasteiger partial charge in [0.1, 0.15) is 6.61 Å². The highest BCUT2D eigenvalue weighted by Gasteiger charge is 2.08. The minimum absolute atomic E-state index is 0.304. The highest BCUT2D eigenvalue weighted by Crippen LogP contribution is 2.29. The first-order valence-electron chi connectivity index (χ1n) is 7.85. The van der Waals surface area contributed by atoms with Crippen molar-refractivity contribution in [3.63, 3.8) is 0 Å². The Bertz CT molecular complexity index is 800. The average molecular weight is 412 g/mol. The molecule has 0 heterocycles. The van der Waals surface area contributed by atoms with Gasteiger partial charge >= 0.3 is 0 Å². The first-order valence-corrected chi connectivity index (χ1v) is 9.01. The van der Waals surface area contributed by atoms with E-state index in [0.717, 1.165) is 17.7 Å². The van der Waals surface area contributed by atoms with Crippen LogP contribution in [-0.4, -0.2) is 25.0 Å². The highest BCUT2D eigenvalue weighted by atomic mass is 35.5. The third-order valence-electron chi connectivity index (χ3n) is 3.30. The second kappa shape index (κ2) is 10.2. The summed E-state index contributed by atoms with van der Waals surface area (Å²) in [5.41, 5.74) is 4.41. The number of hydrazone groups is 1. The SMILES string of the molecule is CCNC(=S)NN=Cc1ccc(OCc2ccc(Cl)cc2Cl)c(OC)c1. The van der Waals surface area contributed by atoms with Gasteiger partial charge in [-0.3, -0.25) is 5.43 Å². The molecule has 0 aliphatic heterocycles. The Hall–Kier alpha value is -2.02. The van der Waals surface area contributed by atoms with Gasteiger partial charge in [-0.25, -0.2) is 0 Å². The molecule has 0 unspecified atom stereocenters.